The van der Waals surface area contributed by atoms with E-state index in [4.69, 9.17) is 0 Å². The number of nitro groups is 1. The van der Waals surface area contributed by atoms with Crippen LogP contribution in [-0.4, -0.2) is 41.6 Å². The number of carbonyl (C=O) groups is 1. The first kappa shape index (κ1) is 13.6. The zero-order chi connectivity index (χ0) is 13.5. The van der Waals surface area contributed by atoms with Gasteiger partial charge in [-0.3, -0.25) is 14.9 Å². The van der Waals surface area contributed by atoms with Gasteiger partial charge in [0.15, 0.2) is 0 Å². The third-order valence-electron chi connectivity index (χ3n) is 2.04. The lowest BCUT2D eigenvalue weighted by atomic mass is 10.4. The molecule has 2 N–H and O–H groups in total. The largest absolute Gasteiger partial charge is 0.469 e. The van der Waals surface area contributed by atoms with Gasteiger partial charge in [-0.1, -0.05) is 0 Å². The molecule has 18 heavy (non-hydrogen) atoms. The first-order valence-corrected chi connectivity index (χ1v) is 5.08. The fourth-order valence-corrected chi connectivity index (χ4v) is 1.14. The maximum atomic E-state index is 10.9. The highest BCUT2D eigenvalue weighted by molar-refractivity contribution is 5.70. The maximum absolute atomic E-state index is 10.9. The number of hydrogen-bond acceptors (Lipinski definition) is 8. The van der Waals surface area contributed by atoms with Gasteiger partial charge in [0.1, 0.15) is 6.20 Å². The summed E-state index contributed by atoms with van der Waals surface area (Å²) in [5.41, 5.74) is -0.251. The Morgan fingerprint density at radius 1 is 1.61 bits per heavy atom. The van der Waals surface area contributed by atoms with E-state index in [2.05, 4.69) is 25.3 Å². The predicted octanol–water partition coefficient (Wildman–Crippen LogP) is 0.401. The van der Waals surface area contributed by atoms with Crippen molar-refractivity contribution >= 4 is 23.4 Å². The molecule has 98 valence electrons. The van der Waals surface area contributed by atoms with Crippen molar-refractivity contribution in [3.8, 4) is 0 Å². The molecular formula is C9H13N5O4. The van der Waals surface area contributed by atoms with Crippen LogP contribution >= 0.6 is 0 Å². The van der Waals surface area contributed by atoms with E-state index in [-0.39, 0.29) is 30.4 Å². The number of methoxy groups -OCH3 is 1. The van der Waals surface area contributed by atoms with Gasteiger partial charge in [-0.05, 0) is 0 Å². The van der Waals surface area contributed by atoms with Crippen molar-refractivity contribution in [1.82, 2.24) is 9.97 Å². The van der Waals surface area contributed by atoms with Gasteiger partial charge in [-0.25, -0.2) is 4.98 Å². The number of nitrogens with zero attached hydrogens (tertiary/aromatic N) is 3. The quantitative estimate of drug-likeness (QED) is 0.426. The molecule has 1 rings (SSSR count). The van der Waals surface area contributed by atoms with Crippen LogP contribution in [0.2, 0.25) is 0 Å². The van der Waals surface area contributed by atoms with Crippen LogP contribution in [-0.2, 0) is 9.53 Å². The smallest absolute Gasteiger partial charge is 0.329 e. The summed E-state index contributed by atoms with van der Waals surface area (Å²) < 4.78 is 4.45. The molecule has 0 unspecified atom stereocenters. The number of anilines is 2. The van der Waals surface area contributed by atoms with Crippen molar-refractivity contribution in [2.45, 2.75) is 6.42 Å². The topological polar surface area (TPSA) is 119 Å². The summed E-state index contributed by atoms with van der Waals surface area (Å²) in [5.74, 6) is -0.0996. The van der Waals surface area contributed by atoms with Gasteiger partial charge in [0.2, 0.25) is 11.8 Å². The molecule has 1 aromatic heterocycles. The van der Waals surface area contributed by atoms with E-state index < -0.39 is 10.9 Å². The molecule has 0 aliphatic carbocycles. The summed E-state index contributed by atoms with van der Waals surface area (Å²) in [6.07, 6.45) is 1.19. The van der Waals surface area contributed by atoms with Crippen LogP contribution in [0.25, 0.3) is 0 Å². The third-order valence-corrected chi connectivity index (χ3v) is 2.04. The van der Waals surface area contributed by atoms with Crippen LogP contribution in [0.5, 0.6) is 0 Å². The monoisotopic (exact) mass is 255 g/mol. The number of rotatable bonds is 6. The maximum Gasteiger partial charge on any atom is 0.329 e. The van der Waals surface area contributed by atoms with Gasteiger partial charge in [-0.2, -0.15) is 4.98 Å². The Morgan fingerprint density at radius 2 is 2.33 bits per heavy atom. The van der Waals surface area contributed by atoms with E-state index in [0.29, 0.717) is 0 Å². The molecule has 0 radical (unpaired) electrons. The Bertz CT molecular complexity index is 451. The summed E-state index contributed by atoms with van der Waals surface area (Å²) in [6, 6.07) is 0. The van der Waals surface area contributed by atoms with Gasteiger partial charge in [-0.15, -0.1) is 0 Å². The Balaban J connectivity index is 2.78. The summed E-state index contributed by atoms with van der Waals surface area (Å²) in [6.45, 7) is 0.188. The number of ether oxygens (including phenoxy) is 1. The molecule has 0 bridgehead atoms. The van der Waals surface area contributed by atoms with Crippen molar-refractivity contribution < 1.29 is 14.5 Å². The summed E-state index contributed by atoms with van der Waals surface area (Å²) in [7, 11) is 2.87. The molecule has 9 heteroatoms. The van der Waals surface area contributed by atoms with E-state index in [1.165, 1.54) is 7.11 Å². The number of hydrogen-bond donors (Lipinski definition) is 2. The molecule has 0 aliphatic heterocycles. The Kier molecular flexibility index (Phi) is 4.78. The molecule has 1 heterocycles. The molecular weight excluding hydrogens is 242 g/mol. The first-order chi connectivity index (χ1) is 8.58. The Morgan fingerprint density at radius 3 is 2.89 bits per heavy atom. The highest BCUT2D eigenvalue weighted by atomic mass is 16.6. The number of esters is 1. The average Bonchev–Trinajstić information content (AvgIpc) is 2.37. The number of aromatic nitrogens is 2. The molecule has 1 aromatic rings. The normalized spacial score (nSPS) is 9.67. The van der Waals surface area contributed by atoms with Crippen LogP contribution < -0.4 is 10.6 Å². The molecule has 0 amide bonds. The van der Waals surface area contributed by atoms with E-state index in [1.807, 2.05) is 0 Å². The molecule has 0 atom stereocenters. The second kappa shape index (κ2) is 6.33. The summed E-state index contributed by atoms with van der Waals surface area (Å²) in [4.78, 5) is 28.7. The lowest BCUT2D eigenvalue weighted by Crippen LogP contribution is -2.12. The van der Waals surface area contributed by atoms with E-state index in [0.717, 1.165) is 6.20 Å². The standard InChI is InChI=1S/C9H13N5O4/c1-10-9-12-5-6(14(16)17)8(13-9)11-4-3-7(15)18-2/h5H,3-4H2,1-2H3,(H2,10,11,12,13). The van der Waals surface area contributed by atoms with Gasteiger partial charge >= 0.3 is 11.7 Å². The van der Waals surface area contributed by atoms with Crippen LogP contribution in [0.3, 0.4) is 0 Å². The van der Waals surface area contributed by atoms with Gasteiger partial charge in [0.25, 0.3) is 0 Å². The van der Waals surface area contributed by atoms with Crippen molar-refractivity contribution in [2.24, 2.45) is 0 Å². The fraction of sp³-hybridized carbons (Fsp3) is 0.444. The van der Waals surface area contributed by atoms with Crippen molar-refractivity contribution in [3.63, 3.8) is 0 Å². The van der Waals surface area contributed by atoms with Crippen LogP contribution in [0, 0.1) is 10.1 Å². The predicted molar refractivity (Wildman–Crippen MR) is 63.4 cm³/mol. The lowest BCUT2D eigenvalue weighted by Gasteiger charge is -2.06. The third kappa shape index (κ3) is 3.54. The second-order valence-electron chi connectivity index (χ2n) is 3.19. The average molecular weight is 255 g/mol. The summed E-state index contributed by atoms with van der Waals surface area (Å²) in [5, 5.41) is 16.1. The van der Waals surface area contributed by atoms with E-state index in [1.54, 1.807) is 7.05 Å². The SMILES string of the molecule is CNc1ncc([N+](=O)[O-])c(NCCC(=O)OC)n1. The molecule has 0 saturated heterocycles. The molecule has 0 aromatic carbocycles. The molecule has 0 saturated carbocycles. The van der Waals surface area contributed by atoms with Crippen molar-refractivity contribution in [1.29, 1.82) is 0 Å². The van der Waals surface area contributed by atoms with Crippen LogP contribution in [0.15, 0.2) is 6.20 Å². The Hall–Kier alpha value is -2.45. The van der Waals surface area contributed by atoms with Gasteiger partial charge < -0.3 is 15.4 Å². The van der Waals surface area contributed by atoms with Crippen LogP contribution in [0.1, 0.15) is 6.42 Å². The highest BCUT2D eigenvalue weighted by Crippen LogP contribution is 2.21. The van der Waals surface area contributed by atoms with Gasteiger partial charge in [0, 0.05) is 13.6 Å². The second-order valence-corrected chi connectivity index (χ2v) is 3.19. The number of carbonyl (C=O) groups excluding carboxylic acids is 1. The van der Waals surface area contributed by atoms with E-state index >= 15 is 0 Å². The van der Waals surface area contributed by atoms with Crippen LogP contribution in [0.4, 0.5) is 17.5 Å². The van der Waals surface area contributed by atoms with Crippen molar-refractivity contribution in [3.05, 3.63) is 16.3 Å². The van der Waals surface area contributed by atoms with Gasteiger partial charge in [0.05, 0.1) is 18.5 Å². The highest BCUT2D eigenvalue weighted by Gasteiger charge is 2.16. The zero-order valence-electron chi connectivity index (χ0n) is 9.97. The minimum Gasteiger partial charge on any atom is -0.469 e. The minimum absolute atomic E-state index is 0.0586. The minimum atomic E-state index is -0.597. The first-order valence-electron chi connectivity index (χ1n) is 5.08. The fourth-order valence-electron chi connectivity index (χ4n) is 1.14. The Labute approximate surface area is 103 Å². The molecule has 0 spiro atoms. The molecule has 0 fully saturated rings. The van der Waals surface area contributed by atoms with E-state index in [9.17, 15) is 14.9 Å². The lowest BCUT2D eigenvalue weighted by molar-refractivity contribution is -0.384. The van der Waals surface area contributed by atoms with Crippen molar-refractivity contribution in [2.75, 3.05) is 31.3 Å². The summed E-state index contributed by atoms with van der Waals surface area (Å²) >= 11 is 0. The molecule has 9 nitrogen and oxygen atoms in total. The number of nitrogens with one attached hydrogen (secondary N) is 2. The zero-order valence-corrected chi connectivity index (χ0v) is 9.97. The molecule has 0 aliphatic rings.